The lowest BCUT2D eigenvalue weighted by atomic mass is 9.72. The Balaban J connectivity index is 1.42. The number of aryl methyl sites for hydroxylation is 1. The van der Waals surface area contributed by atoms with E-state index in [0.29, 0.717) is 11.8 Å². The van der Waals surface area contributed by atoms with Gasteiger partial charge in [0.15, 0.2) is 0 Å². The van der Waals surface area contributed by atoms with Gasteiger partial charge in [-0.1, -0.05) is 97.1 Å². The zero-order valence-corrected chi connectivity index (χ0v) is 16.2. The molecular formula is C28H26. The summed E-state index contributed by atoms with van der Waals surface area (Å²) in [5, 5.41) is 2.77. The van der Waals surface area contributed by atoms with Crippen LogP contribution >= 0.6 is 0 Å². The van der Waals surface area contributed by atoms with Crippen LogP contribution in [0.1, 0.15) is 53.4 Å². The Labute approximate surface area is 167 Å². The monoisotopic (exact) mass is 362 g/mol. The molecule has 4 aromatic rings. The van der Waals surface area contributed by atoms with Crippen molar-refractivity contribution in [2.75, 3.05) is 0 Å². The van der Waals surface area contributed by atoms with Crippen molar-refractivity contribution in [3.05, 3.63) is 119 Å². The summed E-state index contributed by atoms with van der Waals surface area (Å²) >= 11 is 0. The Morgan fingerprint density at radius 2 is 1.32 bits per heavy atom. The van der Waals surface area contributed by atoms with E-state index in [1.165, 1.54) is 41.2 Å². The highest BCUT2D eigenvalue weighted by Crippen LogP contribution is 2.43. The van der Waals surface area contributed by atoms with E-state index in [4.69, 9.17) is 0 Å². The highest BCUT2D eigenvalue weighted by molar-refractivity contribution is 5.85. The van der Waals surface area contributed by atoms with Crippen LogP contribution in [0, 0.1) is 0 Å². The summed E-state index contributed by atoms with van der Waals surface area (Å²) in [6, 6.07) is 35.7. The third-order valence-corrected chi connectivity index (χ3v) is 6.46. The Bertz CT molecular complexity index is 1070. The maximum absolute atomic E-state index is 2.37. The Morgan fingerprint density at radius 3 is 2.21 bits per heavy atom. The second-order valence-electron chi connectivity index (χ2n) is 8.04. The van der Waals surface area contributed by atoms with E-state index in [-0.39, 0.29) is 0 Å². The molecule has 2 unspecified atom stereocenters. The fourth-order valence-corrected chi connectivity index (χ4v) is 5.05. The topological polar surface area (TPSA) is 0 Å². The second-order valence-corrected chi connectivity index (χ2v) is 8.04. The van der Waals surface area contributed by atoms with Crippen LogP contribution in [0.5, 0.6) is 0 Å². The Kier molecular flexibility index (Phi) is 4.71. The standard InChI is InChI=1S/C28H26/c1-2-9-22(10-3-1)27-20-19-24(26-15-6-7-16-28(26)27)18-17-23-13-8-12-21-11-4-5-14-25(21)23/h1-16,24,27H,17-20H2. The van der Waals surface area contributed by atoms with Crippen molar-refractivity contribution in [2.45, 2.75) is 37.5 Å². The molecule has 0 aliphatic heterocycles. The van der Waals surface area contributed by atoms with E-state index in [0.717, 1.165) is 6.42 Å². The first-order valence-electron chi connectivity index (χ1n) is 10.5. The maximum atomic E-state index is 2.37. The van der Waals surface area contributed by atoms with Gasteiger partial charge in [-0.2, -0.15) is 0 Å². The molecule has 0 spiro atoms. The largest absolute Gasteiger partial charge is 0.0622 e. The van der Waals surface area contributed by atoms with Gasteiger partial charge in [-0.25, -0.2) is 0 Å². The molecule has 0 fully saturated rings. The molecule has 0 saturated heterocycles. The molecule has 28 heavy (non-hydrogen) atoms. The number of benzene rings is 4. The van der Waals surface area contributed by atoms with Gasteiger partial charge in [0, 0.05) is 5.92 Å². The van der Waals surface area contributed by atoms with Crippen molar-refractivity contribution in [3.8, 4) is 0 Å². The van der Waals surface area contributed by atoms with E-state index in [9.17, 15) is 0 Å². The highest BCUT2D eigenvalue weighted by Gasteiger charge is 2.27. The summed E-state index contributed by atoms with van der Waals surface area (Å²) in [7, 11) is 0. The summed E-state index contributed by atoms with van der Waals surface area (Å²) in [6.45, 7) is 0. The van der Waals surface area contributed by atoms with Gasteiger partial charge in [0.1, 0.15) is 0 Å². The Morgan fingerprint density at radius 1 is 0.607 bits per heavy atom. The number of rotatable bonds is 4. The predicted octanol–water partition coefficient (Wildman–Crippen LogP) is 7.48. The molecule has 5 rings (SSSR count). The summed E-state index contributed by atoms with van der Waals surface area (Å²) in [4.78, 5) is 0. The van der Waals surface area contributed by atoms with Gasteiger partial charge in [0.25, 0.3) is 0 Å². The predicted molar refractivity (Wildman–Crippen MR) is 119 cm³/mol. The van der Waals surface area contributed by atoms with Gasteiger partial charge in [0.05, 0.1) is 0 Å². The van der Waals surface area contributed by atoms with Crippen LogP contribution < -0.4 is 0 Å². The molecular weight excluding hydrogens is 336 g/mol. The summed E-state index contributed by atoms with van der Waals surface area (Å²) in [5.74, 6) is 1.21. The number of hydrogen-bond donors (Lipinski definition) is 0. The van der Waals surface area contributed by atoms with Gasteiger partial charge in [-0.15, -0.1) is 0 Å². The van der Waals surface area contributed by atoms with E-state index < -0.39 is 0 Å². The molecule has 2 atom stereocenters. The van der Waals surface area contributed by atoms with Gasteiger partial charge >= 0.3 is 0 Å². The molecule has 0 radical (unpaired) electrons. The minimum absolute atomic E-state index is 0.547. The molecule has 0 saturated carbocycles. The van der Waals surface area contributed by atoms with Crippen molar-refractivity contribution in [1.82, 2.24) is 0 Å². The fourth-order valence-electron chi connectivity index (χ4n) is 5.05. The van der Waals surface area contributed by atoms with E-state index in [1.807, 2.05) is 0 Å². The maximum Gasteiger partial charge on any atom is 0.00923 e. The van der Waals surface area contributed by atoms with Crippen LogP contribution in [0.2, 0.25) is 0 Å². The molecule has 1 aliphatic carbocycles. The molecule has 0 heterocycles. The zero-order chi connectivity index (χ0) is 18.8. The Hall–Kier alpha value is -2.86. The van der Waals surface area contributed by atoms with Crippen molar-refractivity contribution in [2.24, 2.45) is 0 Å². The van der Waals surface area contributed by atoms with Gasteiger partial charge in [-0.3, -0.25) is 0 Å². The molecule has 0 nitrogen and oxygen atoms in total. The van der Waals surface area contributed by atoms with Crippen molar-refractivity contribution in [1.29, 1.82) is 0 Å². The van der Waals surface area contributed by atoms with Crippen LogP contribution in [0.4, 0.5) is 0 Å². The minimum Gasteiger partial charge on any atom is -0.0622 e. The average molecular weight is 363 g/mol. The molecule has 0 N–H and O–H groups in total. The van der Waals surface area contributed by atoms with Crippen molar-refractivity contribution in [3.63, 3.8) is 0 Å². The van der Waals surface area contributed by atoms with Crippen LogP contribution in [0.3, 0.4) is 0 Å². The first-order valence-corrected chi connectivity index (χ1v) is 10.5. The third kappa shape index (κ3) is 3.24. The first kappa shape index (κ1) is 17.3. The molecule has 0 heteroatoms. The van der Waals surface area contributed by atoms with E-state index in [2.05, 4.69) is 97.1 Å². The number of fused-ring (bicyclic) bond motifs is 2. The van der Waals surface area contributed by atoms with Crippen LogP contribution in [0.25, 0.3) is 10.8 Å². The van der Waals surface area contributed by atoms with Gasteiger partial charge < -0.3 is 0 Å². The number of hydrogen-bond acceptors (Lipinski definition) is 0. The van der Waals surface area contributed by atoms with Crippen LogP contribution in [-0.4, -0.2) is 0 Å². The normalized spacial score (nSPS) is 18.7. The lowest BCUT2D eigenvalue weighted by Crippen LogP contribution is -2.16. The van der Waals surface area contributed by atoms with Crippen LogP contribution in [-0.2, 0) is 6.42 Å². The SMILES string of the molecule is c1ccc(C2CCC(CCc3cccc4ccccc34)c3ccccc32)cc1. The minimum atomic E-state index is 0.547. The van der Waals surface area contributed by atoms with Crippen molar-refractivity contribution >= 4 is 10.8 Å². The quantitative estimate of drug-likeness (QED) is 0.353. The molecule has 1 aliphatic rings. The smallest absolute Gasteiger partial charge is 0.00923 e. The van der Waals surface area contributed by atoms with Gasteiger partial charge in [-0.05, 0) is 64.6 Å². The molecule has 0 bridgehead atoms. The summed E-state index contributed by atoms with van der Waals surface area (Å²) < 4.78 is 0. The van der Waals surface area contributed by atoms with Crippen molar-refractivity contribution < 1.29 is 0 Å². The third-order valence-electron chi connectivity index (χ3n) is 6.46. The van der Waals surface area contributed by atoms with Crippen LogP contribution in [0.15, 0.2) is 97.1 Å². The molecule has 138 valence electrons. The summed E-state index contributed by atoms with van der Waals surface area (Å²) in [5.41, 5.74) is 6.06. The average Bonchev–Trinajstić information content (AvgIpc) is 2.78. The molecule has 4 aromatic carbocycles. The first-order chi connectivity index (χ1) is 13.9. The zero-order valence-electron chi connectivity index (χ0n) is 16.2. The lowest BCUT2D eigenvalue weighted by molar-refractivity contribution is 0.492. The second kappa shape index (κ2) is 7.64. The molecule has 0 aromatic heterocycles. The van der Waals surface area contributed by atoms with E-state index in [1.54, 1.807) is 11.1 Å². The highest BCUT2D eigenvalue weighted by atomic mass is 14.3. The van der Waals surface area contributed by atoms with E-state index >= 15 is 0 Å². The summed E-state index contributed by atoms with van der Waals surface area (Å²) in [6.07, 6.45) is 4.91. The fraction of sp³-hybridized carbons (Fsp3) is 0.214. The lowest BCUT2D eigenvalue weighted by Gasteiger charge is -2.32. The van der Waals surface area contributed by atoms with Gasteiger partial charge in [0.2, 0.25) is 0 Å². The molecule has 0 amide bonds.